The standard InChI is InChI=1S/C18H19N5O/c1-19-16-11-12(8-9-20-16)15-7-4-10-23(15)18(24)17-13-5-2-3-6-14(13)21-22-17/h2-3,5-6,8-9,11,15H,4,7,10H2,1H3,(H,19,20)(H,21,22)/t15-/m0/s1. The van der Waals surface area contributed by atoms with E-state index in [1.165, 1.54) is 0 Å². The van der Waals surface area contributed by atoms with Crippen LogP contribution < -0.4 is 5.32 Å². The van der Waals surface area contributed by atoms with E-state index in [1.54, 1.807) is 6.20 Å². The molecule has 3 aromatic rings. The summed E-state index contributed by atoms with van der Waals surface area (Å²) in [6.07, 6.45) is 3.74. The highest BCUT2D eigenvalue weighted by Gasteiger charge is 2.32. The Bertz CT molecular complexity index is 888. The summed E-state index contributed by atoms with van der Waals surface area (Å²) in [6, 6.07) is 11.8. The number of aromatic amines is 1. The van der Waals surface area contributed by atoms with Gasteiger partial charge in [-0.2, -0.15) is 5.10 Å². The number of benzene rings is 1. The molecule has 0 spiro atoms. The third-order valence-electron chi connectivity index (χ3n) is 4.61. The Morgan fingerprint density at radius 1 is 1.33 bits per heavy atom. The van der Waals surface area contributed by atoms with Crippen LogP contribution in [0.1, 0.15) is 34.9 Å². The average Bonchev–Trinajstić information content (AvgIpc) is 3.28. The quantitative estimate of drug-likeness (QED) is 0.778. The first-order chi connectivity index (χ1) is 11.8. The monoisotopic (exact) mass is 321 g/mol. The Labute approximate surface area is 139 Å². The van der Waals surface area contributed by atoms with Crippen LogP contribution in [0.4, 0.5) is 5.82 Å². The second kappa shape index (κ2) is 5.96. The normalized spacial score (nSPS) is 17.4. The van der Waals surface area contributed by atoms with Crippen LogP contribution >= 0.6 is 0 Å². The predicted molar refractivity (Wildman–Crippen MR) is 92.9 cm³/mol. The molecule has 4 rings (SSSR count). The Hall–Kier alpha value is -2.89. The van der Waals surface area contributed by atoms with Crippen LogP contribution in [0.15, 0.2) is 42.6 Å². The van der Waals surface area contributed by atoms with Gasteiger partial charge in [-0.1, -0.05) is 18.2 Å². The van der Waals surface area contributed by atoms with Gasteiger partial charge in [0, 0.05) is 25.2 Å². The minimum Gasteiger partial charge on any atom is -0.373 e. The molecule has 3 heterocycles. The van der Waals surface area contributed by atoms with Crippen molar-refractivity contribution >= 4 is 22.6 Å². The average molecular weight is 321 g/mol. The number of hydrogen-bond donors (Lipinski definition) is 2. The zero-order chi connectivity index (χ0) is 16.5. The van der Waals surface area contributed by atoms with Crippen molar-refractivity contribution in [2.45, 2.75) is 18.9 Å². The molecule has 1 fully saturated rings. The third kappa shape index (κ3) is 2.40. The Morgan fingerprint density at radius 3 is 3.08 bits per heavy atom. The molecule has 0 unspecified atom stereocenters. The van der Waals surface area contributed by atoms with Crippen molar-refractivity contribution in [3.63, 3.8) is 0 Å². The number of fused-ring (bicyclic) bond motifs is 1. The molecule has 0 aliphatic carbocycles. The van der Waals surface area contributed by atoms with Crippen LogP contribution in [0, 0.1) is 0 Å². The fourth-order valence-corrected chi connectivity index (χ4v) is 3.41. The first-order valence-electron chi connectivity index (χ1n) is 8.15. The van der Waals surface area contributed by atoms with Gasteiger partial charge in [0.25, 0.3) is 5.91 Å². The number of nitrogens with one attached hydrogen (secondary N) is 2. The first kappa shape index (κ1) is 14.7. The molecule has 122 valence electrons. The number of aromatic nitrogens is 3. The van der Waals surface area contributed by atoms with E-state index >= 15 is 0 Å². The molecular weight excluding hydrogens is 302 g/mol. The SMILES string of the molecule is CNc1cc([C@@H]2CCCN2C(=O)c2n[nH]c3ccccc23)ccn1. The zero-order valence-electron chi connectivity index (χ0n) is 13.5. The molecule has 0 radical (unpaired) electrons. The van der Waals surface area contributed by atoms with Crippen molar-refractivity contribution in [3.8, 4) is 0 Å². The van der Waals surface area contributed by atoms with Gasteiger partial charge in [-0.15, -0.1) is 0 Å². The highest BCUT2D eigenvalue weighted by Crippen LogP contribution is 2.34. The molecule has 1 aliphatic rings. The maximum absolute atomic E-state index is 13.1. The van der Waals surface area contributed by atoms with E-state index in [1.807, 2.05) is 48.3 Å². The number of rotatable bonds is 3. The van der Waals surface area contributed by atoms with Crippen LogP contribution in [0.5, 0.6) is 0 Å². The lowest BCUT2D eigenvalue weighted by Gasteiger charge is -2.24. The molecule has 2 N–H and O–H groups in total. The predicted octanol–water partition coefficient (Wildman–Crippen LogP) is 2.98. The Morgan fingerprint density at radius 2 is 2.21 bits per heavy atom. The molecule has 1 aromatic carbocycles. The van der Waals surface area contributed by atoms with Crippen molar-refractivity contribution in [3.05, 3.63) is 53.9 Å². The Balaban J connectivity index is 1.68. The second-order valence-corrected chi connectivity index (χ2v) is 6.00. The molecule has 1 amide bonds. The van der Waals surface area contributed by atoms with Crippen LogP contribution in [0.25, 0.3) is 10.9 Å². The summed E-state index contributed by atoms with van der Waals surface area (Å²) in [4.78, 5) is 19.3. The molecule has 24 heavy (non-hydrogen) atoms. The molecule has 1 atom stereocenters. The summed E-state index contributed by atoms with van der Waals surface area (Å²) >= 11 is 0. The smallest absolute Gasteiger partial charge is 0.275 e. The molecule has 0 bridgehead atoms. The van der Waals surface area contributed by atoms with Gasteiger partial charge in [0.1, 0.15) is 5.82 Å². The number of pyridine rings is 1. The van der Waals surface area contributed by atoms with Gasteiger partial charge in [0.05, 0.1) is 11.6 Å². The van der Waals surface area contributed by atoms with E-state index < -0.39 is 0 Å². The van der Waals surface area contributed by atoms with E-state index in [0.29, 0.717) is 5.69 Å². The van der Waals surface area contributed by atoms with E-state index in [2.05, 4.69) is 20.5 Å². The summed E-state index contributed by atoms with van der Waals surface area (Å²) < 4.78 is 0. The molecule has 6 nitrogen and oxygen atoms in total. The fraction of sp³-hybridized carbons (Fsp3) is 0.278. The number of likely N-dealkylation sites (tertiary alicyclic amines) is 1. The van der Waals surface area contributed by atoms with Crippen LogP contribution in [-0.2, 0) is 0 Å². The van der Waals surface area contributed by atoms with E-state index in [9.17, 15) is 4.79 Å². The van der Waals surface area contributed by atoms with E-state index in [4.69, 9.17) is 0 Å². The second-order valence-electron chi connectivity index (χ2n) is 6.00. The summed E-state index contributed by atoms with van der Waals surface area (Å²) in [6.45, 7) is 0.752. The third-order valence-corrected chi connectivity index (χ3v) is 4.61. The lowest BCUT2D eigenvalue weighted by Crippen LogP contribution is -2.31. The number of nitrogens with zero attached hydrogens (tertiary/aromatic N) is 3. The number of carbonyl (C=O) groups is 1. The van der Waals surface area contributed by atoms with Crippen molar-refractivity contribution in [1.29, 1.82) is 0 Å². The zero-order valence-corrected chi connectivity index (χ0v) is 13.5. The number of anilines is 1. The highest BCUT2D eigenvalue weighted by molar-refractivity contribution is 6.04. The lowest BCUT2D eigenvalue weighted by molar-refractivity contribution is 0.0731. The van der Waals surface area contributed by atoms with E-state index in [-0.39, 0.29) is 11.9 Å². The summed E-state index contributed by atoms with van der Waals surface area (Å²) in [5, 5.41) is 11.1. The van der Waals surface area contributed by atoms with Gasteiger partial charge in [0.2, 0.25) is 0 Å². The Kier molecular flexibility index (Phi) is 3.65. The van der Waals surface area contributed by atoms with Gasteiger partial charge in [-0.05, 0) is 36.6 Å². The molecule has 1 saturated heterocycles. The van der Waals surface area contributed by atoms with Crippen molar-refractivity contribution in [2.75, 3.05) is 18.9 Å². The minimum absolute atomic E-state index is 0.0160. The summed E-state index contributed by atoms with van der Waals surface area (Å²) in [5.74, 6) is 0.801. The van der Waals surface area contributed by atoms with Crippen LogP contribution in [0.2, 0.25) is 0 Å². The maximum atomic E-state index is 13.1. The number of H-pyrrole nitrogens is 1. The van der Waals surface area contributed by atoms with Crippen LogP contribution in [-0.4, -0.2) is 39.6 Å². The van der Waals surface area contributed by atoms with Gasteiger partial charge < -0.3 is 10.2 Å². The largest absolute Gasteiger partial charge is 0.373 e. The van der Waals surface area contributed by atoms with Crippen molar-refractivity contribution in [1.82, 2.24) is 20.1 Å². The minimum atomic E-state index is -0.0160. The summed E-state index contributed by atoms with van der Waals surface area (Å²) in [5.41, 5.74) is 2.50. The van der Waals surface area contributed by atoms with Gasteiger partial charge in [0.15, 0.2) is 5.69 Å². The number of amides is 1. The number of hydrogen-bond acceptors (Lipinski definition) is 4. The van der Waals surface area contributed by atoms with Gasteiger partial charge >= 0.3 is 0 Å². The van der Waals surface area contributed by atoms with E-state index in [0.717, 1.165) is 41.7 Å². The molecule has 1 aliphatic heterocycles. The van der Waals surface area contributed by atoms with Crippen LogP contribution in [0.3, 0.4) is 0 Å². The van der Waals surface area contributed by atoms with Crippen molar-refractivity contribution < 1.29 is 4.79 Å². The molecular formula is C18H19N5O. The molecule has 0 saturated carbocycles. The first-order valence-corrected chi connectivity index (χ1v) is 8.15. The highest BCUT2D eigenvalue weighted by atomic mass is 16.2. The van der Waals surface area contributed by atoms with Gasteiger partial charge in [-0.3, -0.25) is 9.89 Å². The maximum Gasteiger partial charge on any atom is 0.275 e. The summed E-state index contributed by atoms with van der Waals surface area (Å²) in [7, 11) is 1.85. The van der Waals surface area contributed by atoms with Crippen molar-refractivity contribution in [2.24, 2.45) is 0 Å². The van der Waals surface area contributed by atoms with Gasteiger partial charge in [-0.25, -0.2) is 4.98 Å². The molecule has 2 aromatic heterocycles. The number of carbonyl (C=O) groups excluding carboxylic acids is 1. The lowest BCUT2D eigenvalue weighted by atomic mass is 10.1. The fourth-order valence-electron chi connectivity index (χ4n) is 3.41. The topological polar surface area (TPSA) is 73.9 Å². The number of para-hydroxylation sites is 1. The molecule has 6 heteroatoms.